The molecule has 0 aromatic carbocycles. The highest BCUT2D eigenvalue weighted by Gasteiger charge is 2.29. The Morgan fingerprint density at radius 3 is 2.91 bits per heavy atom. The van der Waals surface area contributed by atoms with Crippen molar-refractivity contribution < 1.29 is 9.59 Å². The molecule has 3 heterocycles. The number of aromatic nitrogens is 3. The number of nitrogens with two attached hydrogens (primary N) is 1. The number of amides is 3. The Morgan fingerprint density at radius 2 is 2.14 bits per heavy atom. The van der Waals surface area contributed by atoms with Crippen molar-refractivity contribution in [3.05, 3.63) is 11.6 Å². The number of hydrogen-bond acceptors (Lipinski definition) is 4. The Kier molecular flexibility index (Phi) is 4.00. The number of nitrogens with zero attached hydrogens (tertiary/aromatic N) is 4. The molecule has 0 bridgehead atoms. The third kappa shape index (κ3) is 2.77. The minimum Gasteiger partial charge on any atom is -0.351 e. The van der Waals surface area contributed by atoms with E-state index in [2.05, 4.69) is 20.1 Å². The highest BCUT2D eigenvalue weighted by atomic mass is 16.2. The normalized spacial score (nSPS) is 22.2. The molecule has 3 rings (SSSR count). The highest BCUT2D eigenvalue weighted by molar-refractivity contribution is 5.80. The summed E-state index contributed by atoms with van der Waals surface area (Å²) in [4.78, 5) is 25.2. The molecule has 0 unspecified atom stereocenters. The summed E-state index contributed by atoms with van der Waals surface area (Å²) in [5.41, 5.74) is 5.30. The van der Waals surface area contributed by atoms with Gasteiger partial charge in [0.05, 0.1) is 12.0 Å². The number of aryl methyl sites for hydroxylation is 1. The summed E-state index contributed by atoms with van der Waals surface area (Å²) >= 11 is 0. The van der Waals surface area contributed by atoms with Crippen molar-refractivity contribution in [3.63, 3.8) is 0 Å². The minimum absolute atomic E-state index is 0.0474. The van der Waals surface area contributed by atoms with Crippen LogP contribution >= 0.6 is 0 Å². The first-order valence-corrected chi connectivity index (χ1v) is 7.83. The van der Waals surface area contributed by atoms with Gasteiger partial charge in [0.25, 0.3) is 0 Å². The summed E-state index contributed by atoms with van der Waals surface area (Å²) in [5, 5.41) is 11.4. The third-order valence-electron chi connectivity index (χ3n) is 4.49. The van der Waals surface area contributed by atoms with Crippen LogP contribution in [0, 0.1) is 5.92 Å². The fourth-order valence-corrected chi connectivity index (χ4v) is 3.28. The van der Waals surface area contributed by atoms with Gasteiger partial charge in [0.2, 0.25) is 5.91 Å². The molecular weight excluding hydrogens is 284 g/mol. The Labute approximate surface area is 129 Å². The Balaban J connectivity index is 1.62. The summed E-state index contributed by atoms with van der Waals surface area (Å²) in [7, 11) is 0. The highest BCUT2D eigenvalue weighted by Crippen LogP contribution is 2.21. The van der Waals surface area contributed by atoms with Crippen molar-refractivity contribution in [1.29, 1.82) is 0 Å². The summed E-state index contributed by atoms with van der Waals surface area (Å²) in [6.07, 6.45) is 3.61. The first-order chi connectivity index (χ1) is 10.6. The van der Waals surface area contributed by atoms with Crippen LogP contribution < -0.4 is 11.1 Å². The summed E-state index contributed by atoms with van der Waals surface area (Å²) in [6.45, 7) is 3.86. The third-order valence-corrected chi connectivity index (χ3v) is 4.49. The molecule has 2 aliphatic rings. The van der Waals surface area contributed by atoms with Gasteiger partial charge in [0.15, 0.2) is 5.82 Å². The lowest BCUT2D eigenvalue weighted by atomic mass is 9.97. The maximum atomic E-state index is 12.4. The first-order valence-electron chi connectivity index (χ1n) is 7.83. The molecule has 0 aliphatic carbocycles. The van der Waals surface area contributed by atoms with Crippen molar-refractivity contribution >= 4 is 11.9 Å². The number of carbonyl (C=O) groups is 2. The number of carbonyl (C=O) groups excluding carboxylic acids is 2. The quantitative estimate of drug-likeness (QED) is 0.831. The molecule has 2 atom stereocenters. The van der Waals surface area contributed by atoms with Crippen molar-refractivity contribution in [3.8, 4) is 0 Å². The zero-order chi connectivity index (χ0) is 15.7. The standard InChI is InChI=1S/C14H22N6O2/c1-9(12-18-17-11-5-3-7-20(11)12)16-13(21)10-4-2-6-19(8-10)14(15)22/h9-10H,2-8H2,1H3,(H2,15,22)(H,16,21)/t9-,10+/m0/s1. The fraction of sp³-hybridized carbons (Fsp3) is 0.714. The topological polar surface area (TPSA) is 106 Å². The number of fused-ring (bicyclic) bond motifs is 1. The van der Waals surface area contributed by atoms with E-state index in [0.717, 1.165) is 43.9 Å². The van der Waals surface area contributed by atoms with Gasteiger partial charge >= 0.3 is 6.03 Å². The lowest BCUT2D eigenvalue weighted by molar-refractivity contribution is -0.127. The van der Waals surface area contributed by atoms with Crippen molar-refractivity contribution in [1.82, 2.24) is 25.0 Å². The van der Waals surface area contributed by atoms with Crippen LogP contribution in [0.2, 0.25) is 0 Å². The average molecular weight is 306 g/mol. The van der Waals surface area contributed by atoms with Gasteiger partial charge in [-0.3, -0.25) is 4.79 Å². The smallest absolute Gasteiger partial charge is 0.314 e. The maximum absolute atomic E-state index is 12.4. The number of hydrogen-bond donors (Lipinski definition) is 2. The second kappa shape index (κ2) is 5.94. The maximum Gasteiger partial charge on any atom is 0.314 e. The van der Waals surface area contributed by atoms with Gasteiger partial charge in [-0.05, 0) is 26.2 Å². The van der Waals surface area contributed by atoms with Gasteiger partial charge in [0.1, 0.15) is 5.82 Å². The molecular formula is C14H22N6O2. The van der Waals surface area contributed by atoms with E-state index in [4.69, 9.17) is 5.73 Å². The van der Waals surface area contributed by atoms with Gasteiger partial charge in [-0.25, -0.2) is 4.79 Å². The minimum atomic E-state index is -0.458. The van der Waals surface area contributed by atoms with E-state index in [1.807, 2.05) is 6.92 Å². The van der Waals surface area contributed by atoms with E-state index < -0.39 is 6.03 Å². The van der Waals surface area contributed by atoms with Gasteiger partial charge in [0, 0.05) is 26.1 Å². The summed E-state index contributed by atoms with van der Waals surface area (Å²) in [6, 6.07) is -0.642. The van der Waals surface area contributed by atoms with Crippen LogP contribution in [-0.2, 0) is 17.8 Å². The van der Waals surface area contributed by atoms with Crippen LogP contribution in [0.5, 0.6) is 0 Å². The molecule has 0 spiro atoms. The fourth-order valence-electron chi connectivity index (χ4n) is 3.28. The predicted molar refractivity (Wildman–Crippen MR) is 78.8 cm³/mol. The Hall–Kier alpha value is -2.12. The lowest BCUT2D eigenvalue weighted by Crippen LogP contribution is -2.47. The second-order valence-corrected chi connectivity index (χ2v) is 6.08. The van der Waals surface area contributed by atoms with Crippen LogP contribution in [0.25, 0.3) is 0 Å². The molecule has 22 heavy (non-hydrogen) atoms. The zero-order valence-electron chi connectivity index (χ0n) is 12.8. The number of likely N-dealkylation sites (tertiary alicyclic amines) is 1. The number of urea groups is 1. The van der Waals surface area contributed by atoms with Gasteiger partial charge in [-0.2, -0.15) is 0 Å². The average Bonchev–Trinajstić information content (AvgIpc) is 3.09. The van der Waals surface area contributed by atoms with Crippen molar-refractivity contribution in [2.24, 2.45) is 11.7 Å². The zero-order valence-corrected chi connectivity index (χ0v) is 12.8. The van der Waals surface area contributed by atoms with E-state index in [0.29, 0.717) is 13.1 Å². The van der Waals surface area contributed by atoms with Crippen molar-refractivity contribution in [2.45, 2.75) is 45.2 Å². The molecule has 3 amide bonds. The molecule has 1 saturated heterocycles. The summed E-state index contributed by atoms with van der Waals surface area (Å²) < 4.78 is 2.08. The van der Waals surface area contributed by atoms with Gasteiger partial charge in [-0.15, -0.1) is 10.2 Å². The second-order valence-electron chi connectivity index (χ2n) is 6.08. The van der Waals surface area contributed by atoms with E-state index in [-0.39, 0.29) is 17.9 Å². The molecule has 8 heteroatoms. The number of nitrogens with one attached hydrogen (secondary N) is 1. The monoisotopic (exact) mass is 306 g/mol. The lowest BCUT2D eigenvalue weighted by Gasteiger charge is -2.31. The number of piperidine rings is 1. The van der Waals surface area contributed by atoms with Crippen LogP contribution in [0.4, 0.5) is 4.79 Å². The molecule has 2 aliphatic heterocycles. The van der Waals surface area contributed by atoms with Crippen LogP contribution in [0.15, 0.2) is 0 Å². The molecule has 120 valence electrons. The van der Waals surface area contributed by atoms with E-state index >= 15 is 0 Å². The van der Waals surface area contributed by atoms with Gasteiger partial charge < -0.3 is 20.5 Å². The summed E-state index contributed by atoms with van der Waals surface area (Å²) in [5.74, 6) is 1.55. The molecule has 0 saturated carbocycles. The van der Waals surface area contributed by atoms with Crippen molar-refractivity contribution in [2.75, 3.05) is 13.1 Å². The van der Waals surface area contributed by atoms with Crippen LogP contribution in [0.3, 0.4) is 0 Å². The van der Waals surface area contributed by atoms with E-state index in [1.54, 1.807) is 0 Å². The van der Waals surface area contributed by atoms with E-state index in [9.17, 15) is 9.59 Å². The molecule has 0 radical (unpaired) electrons. The largest absolute Gasteiger partial charge is 0.351 e. The molecule has 1 aromatic heterocycles. The predicted octanol–water partition coefficient (Wildman–Crippen LogP) is 0.192. The number of rotatable bonds is 3. The van der Waals surface area contributed by atoms with E-state index in [1.165, 1.54) is 4.90 Å². The Bertz CT molecular complexity index is 584. The Morgan fingerprint density at radius 1 is 1.32 bits per heavy atom. The first kappa shape index (κ1) is 14.8. The molecule has 8 nitrogen and oxygen atoms in total. The molecule has 1 fully saturated rings. The van der Waals surface area contributed by atoms with Gasteiger partial charge in [-0.1, -0.05) is 0 Å². The van der Waals surface area contributed by atoms with Crippen LogP contribution in [-0.4, -0.2) is 44.7 Å². The van der Waals surface area contributed by atoms with Crippen LogP contribution in [0.1, 0.15) is 43.9 Å². The SMILES string of the molecule is C[C@H](NC(=O)[C@@H]1CCCN(C(N)=O)C1)c1nnc2n1CCC2. The molecule has 3 N–H and O–H groups in total. The number of primary amides is 1. The molecule has 1 aromatic rings.